The number of nitrogens with zero attached hydrogens (tertiary/aromatic N) is 1. The van der Waals surface area contributed by atoms with Gasteiger partial charge in [0.05, 0.1) is 39.9 Å². The van der Waals surface area contributed by atoms with E-state index in [-0.39, 0.29) is 19.1 Å². The molecule has 0 aromatic carbocycles. The van der Waals surface area contributed by atoms with E-state index >= 15 is 0 Å². The molecule has 3 unspecified atom stereocenters. The van der Waals surface area contributed by atoms with Crippen molar-refractivity contribution in [1.82, 2.24) is 5.32 Å². The van der Waals surface area contributed by atoms with Crippen LogP contribution in [0.25, 0.3) is 0 Å². The summed E-state index contributed by atoms with van der Waals surface area (Å²) in [4.78, 5) is 23.5. The monoisotopic (exact) mass is 1310 g/mol. The second-order valence-electron chi connectivity index (χ2n) is 28.1. The second kappa shape index (κ2) is 72.7. The number of aliphatic hydroxyl groups excluding tert-OH is 1. The second-order valence-corrected chi connectivity index (χ2v) is 29.5. The number of allylic oxidation sites excluding steroid dienone is 15. The Bertz CT molecular complexity index is 1830. The number of unbranched alkanes of at least 4 members (excludes halogenated alkanes) is 46. The number of phosphoric acid groups is 1. The Balaban J connectivity index is 3.98. The number of hydrogen-bond acceptors (Lipinski definition) is 5. The highest BCUT2D eigenvalue weighted by Crippen LogP contribution is 2.43. The van der Waals surface area contributed by atoms with Crippen LogP contribution in [0.2, 0.25) is 0 Å². The summed E-state index contributed by atoms with van der Waals surface area (Å²) in [5, 5.41) is 14.1. The van der Waals surface area contributed by atoms with Crippen LogP contribution in [0.4, 0.5) is 0 Å². The number of amides is 1. The fourth-order valence-electron chi connectivity index (χ4n) is 11.7. The van der Waals surface area contributed by atoms with E-state index in [4.69, 9.17) is 9.05 Å². The minimum atomic E-state index is -4.36. The molecule has 0 saturated heterocycles. The van der Waals surface area contributed by atoms with Gasteiger partial charge in [-0.15, -0.1) is 0 Å². The van der Waals surface area contributed by atoms with Crippen LogP contribution in [0.15, 0.2) is 97.2 Å². The molecule has 0 rings (SSSR count). The Kier molecular flexibility index (Phi) is 70.6. The van der Waals surface area contributed by atoms with Gasteiger partial charge in [-0.05, 0) is 77.0 Å². The average molecular weight is 1310 g/mol. The summed E-state index contributed by atoms with van der Waals surface area (Å²) in [6, 6.07) is -0.851. The predicted molar refractivity (Wildman–Crippen MR) is 406 cm³/mol. The lowest BCUT2D eigenvalue weighted by atomic mass is 10.0. The summed E-state index contributed by atoms with van der Waals surface area (Å²) in [6.07, 6.45) is 106. The third-order valence-corrected chi connectivity index (χ3v) is 18.8. The Morgan fingerprint density at radius 2 is 0.652 bits per heavy atom. The van der Waals surface area contributed by atoms with Gasteiger partial charge in [-0.3, -0.25) is 13.8 Å². The van der Waals surface area contributed by atoms with E-state index in [9.17, 15) is 19.4 Å². The van der Waals surface area contributed by atoms with Crippen LogP contribution in [0.5, 0.6) is 0 Å². The van der Waals surface area contributed by atoms with Crippen molar-refractivity contribution in [2.24, 2.45) is 0 Å². The van der Waals surface area contributed by atoms with Gasteiger partial charge in [0.25, 0.3) is 0 Å². The number of carbonyl (C=O) groups is 1. The van der Waals surface area contributed by atoms with E-state index < -0.39 is 20.0 Å². The van der Waals surface area contributed by atoms with E-state index in [1.54, 1.807) is 6.08 Å². The number of quaternary nitrogens is 1. The largest absolute Gasteiger partial charge is 0.472 e. The van der Waals surface area contributed by atoms with Crippen LogP contribution in [0, 0.1) is 0 Å². The number of hydrogen-bond donors (Lipinski definition) is 3. The third kappa shape index (κ3) is 74.8. The SMILES string of the molecule is CC/C=C\C/C=C\C/C=C\C/C=C\C/C=C\C/C=C\C/C=C\CCCCCCCCCCCCCCCCCCCCCC(=O)NC(COP(=O)(O)OCC[N+](C)(C)C)C(O)/C=C/CCCCCCCCCCCCCCCCCCCCCCCCCCCCC. The number of carbonyl (C=O) groups excluding carboxylic acids is 1. The van der Waals surface area contributed by atoms with Gasteiger partial charge in [-0.25, -0.2) is 4.57 Å². The van der Waals surface area contributed by atoms with E-state index in [1.807, 2.05) is 27.2 Å². The Morgan fingerprint density at radius 1 is 0.380 bits per heavy atom. The van der Waals surface area contributed by atoms with Crippen LogP contribution in [-0.4, -0.2) is 73.4 Å². The highest BCUT2D eigenvalue weighted by atomic mass is 31.2. The molecule has 0 aliphatic heterocycles. The van der Waals surface area contributed by atoms with Gasteiger partial charge in [0, 0.05) is 6.42 Å². The molecule has 0 spiro atoms. The molecule has 92 heavy (non-hydrogen) atoms. The van der Waals surface area contributed by atoms with Gasteiger partial charge in [-0.2, -0.15) is 0 Å². The first kappa shape index (κ1) is 89.4. The number of phosphoric ester groups is 1. The molecule has 3 N–H and O–H groups in total. The molecular weight excluding hydrogens is 1150 g/mol. The molecule has 0 aliphatic carbocycles. The maximum Gasteiger partial charge on any atom is 0.472 e. The summed E-state index contributed by atoms with van der Waals surface area (Å²) in [7, 11) is 1.58. The lowest BCUT2D eigenvalue weighted by molar-refractivity contribution is -0.870. The van der Waals surface area contributed by atoms with Crippen LogP contribution in [-0.2, 0) is 18.4 Å². The van der Waals surface area contributed by atoms with Crippen LogP contribution in [0.3, 0.4) is 0 Å². The van der Waals surface area contributed by atoms with E-state index in [1.165, 1.54) is 270 Å². The van der Waals surface area contributed by atoms with Gasteiger partial charge in [0.2, 0.25) is 5.91 Å². The molecule has 0 aliphatic rings. The first-order valence-electron chi connectivity index (χ1n) is 39.6. The normalized spacial score (nSPS) is 14.0. The minimum absolute atomic E-state index is 0.0609. The number of likely N-dealkylation sites (N-methyl/N-ethyl adjacent to an activating group) is 1. The van der Waals surface area contributed by atoms with E-state index in [0.29, 0.717) is 17.4 Å². The molecule has 0 fully saturated rings. The van der Waals surface area contributed by atoms with Crippen LogP contribution < -0.4 is 5.32 Å². The third-order valence-electron chi connectivity index (χ3n) is 17.8. The molecule has 0 bridgehead atoms. The predicted octanol–water partition coefficient (Wildman–Crippen LogP) is 26.0. The van der Waals surface area contributed by atoms with Crippen molar-refractivity contribution in [2.45, 2.75) is 386 Å². The van der Waals surface area contributed by atoms with Crippen molar-refractivity contribution in [3.05, 3.63) is 97.2 Å². The molecule has 1 amide bonds. The molecule has 0 heterocycles. The number of rotatable bonds is 73. The Morgan fingerprint density at radius 3 is 0.957 bits per heavy atom. The molecule has 0 radical (unpaired) electrons. The topological polar surface area (TPSA) is 105 Å². The Hall–Kier alpha value is -2.58. The van der Waals surface area contributed by atoms with Crippen LogP contribution >= 0.6 is 7.82 Å². The zero-order chi connectivity index (χ0) is 66.9. The van der Waals surface area contributed by atoms with Crippen molar-refractivity contribution in [3.8, 4) is 0 Å². The molecule has 536 valence electrons. The van der Waals surface area contributed by atoms with Gasteiger partial charge in [0.1, 0.15) is 13.2 Å². The zero-order valence-corrected chi connectivity index (χ0v) is 62.4. The van der Waals surface area contributed by atoms with Gasteiger partial charge in [0.15, 0.2) is 0 Å². The molecule has 3 atom stereocenters. The highest BCUT2D eigenvalue weighted by molar-refractivity contribution is 7.47. The van der Waals surface area contributed by atoms with Crippen molar-refractivity contribution in [2.75, 3.05) is 40.9 Å². The summed E-state index contributed by atoms with van der Waals surface area (Å²) in [5.41, 5.74) is 0. The summed E-state index contributed by atoms with van der Waals surface area (Å²) in [6.45, 7) is 4.75. The highest BCUT2D eigenvalue weighted by Gasteiger charge is 2.28. The first-order valence-corrected chi connectivity index (χ1v) is 41.1. The number of aliphatic hydroxyl groups is 1. The van der Waals surface area contributed by atoms with E-state index in [0.717, 1.165) is 83.5 Å². The fraction of sp³-hybridized carbons (Fsp3) is 0.795. The maximum atomic E-state index is 13.1. The maximum absolute atomic E-state index is 13.1. The van der Waals surface area contributed by atoms with Gasteiger partial charge >= 0.3 is 7.82 Å². The fourth-order valence-corrected chi connectivity index (χ4v) is 12.5. The summed E-state index contributed by atoms with van der Waals surface area (Å²) in [5.74, 6) is -0.172. The van der Waals surface area contributed by atoms with Crippen molar-refractivity contribution in [3.63, 3.8) is 0 Å². The zero-order valence-electron chi connectivity index (χ0n) is 61.5. The van der Waals surface area contributed by atoms with Crippen molar-refractivity contribution in [1.29, 1.82) is 0 Å². The first-order chi connectivity index (χ1) is 45.0. The van der Waals surface area contributed by atoms with E-state index in [2.05, 4.69) is 104 Å². The minimum Gasteiger partial charge on any atom is -0.387 e. The number of nitrogens with one attached hydrogen (secondary N) is 1. The van der Waals surface area contributed by atoms with Gasteiger partial charge < -0.3 is 19.8 Å². The molecule has 0 aromatic heterocycles. The summed E-state index contributed by atoms with van der Waals surface area (Å²) >= 11 is 0. The lowest BCUT2D eigenvalue weighted by Gasteiger charge is -2.25. The lowest BCUT2D eigenvalue weighted by Crippen LogP contribution is -2.45. The smallest absolute Gasteiger partial charge is 0.387 e. The van der Waals surface area contributed by atoms with Crippen molar-refractivity contribution < 1.29 is 32.9 Å². The molecule has 8 nitrogen and oxygen atoms in total. The van der Waals surface area contributed by atoms with Crippen LogP contribution in [0.1, 0.15) is 373 Å². The Labute approximate surface area is 572 Å². The molecule has 0 saturated carbocycles. The molecule has 9 heteroatoms. The molecular formula is C83H154N2O6P+. The average Bonchev–Trinajstić information content (AvgIpc) is 2.63. The quantitative estimate of drug-likeness (QED) is 0.0243. The molecule has 0 aromatic rings. The van der Waals surface area contributed by atoms with Gasteiger partial charge in [-0.1, -0.05) is 387 Å². The summed E-state index contributed by atoms with van der Waals surface area (Å²) < 4.78 is 23.9. The standard InChI is InChI=1S/C83H153N2O6P/c1-6-8-10-12-14-16-18-20-22-24-26-28-30-32-34-36-37-38-39-40-41-42-43-44-45-46-47-49-51-53-55-57-59-61-63-65-67-69-71-73-75-77-83(87)84-81(80-91-92(88,89)90-79-78-85(3,4)5)82(86)76-74-72-70-68-66-64-62-60-58-56-54-52-50-48-35-33-31-29-27-25-23-21-19-17-15-13-11-9-7-2/h8,10,14,16,20,22,26,28,32,34,37-38,40-41,74,76,81-82,86H,6-7,9,11-13,15,17-19,21,23-25,27,29-31,33,35-36,39,42-73,75,77-80H2,1-5H3,(H-,84,87,88,89)/p+1/b10-8-,16-14-,22-20-,28-26-,34-32-,38-37-,41-40-,76-74+. The van der Waals surface area contributed by atoms with Crippen molar-refractivity contribution >= 4 is 13.7 Å².